The van der Waals surface area contributed by atoms with Gasteiger partial charge in [-0.25, -0.2) is 4.79 Å². The summed E-state index contributed by atoms with van der Waals surface area (Å²) in [5, 5.41) is 19.3. The van der Waals surface area contributed by atoms with Crippen LogP contribution in [0.3, 0.4) is 0 Å². The Morgan fingerprint density at radius 2 is 2.07 bits per heavy atom. The lowest BCUT2D eigenvalue weighted by Gasteiger charge is -2.32. The Balaban J connectivity index is 2.66. The molecule has 2 rings (SSSR count). The van der Waals surface area contributed by atoms with Crippen molar-refractivity contribution in [2.75, 3.05) is 0 Å². The van der Waals surface area contributed by atoms with Crippen molar-refractivity contribution in [2.45, 2.75) is 12.5 Å². The largest absolute Gasteiger partial charge is 0.479 e. The van der Waals surface area contributed by atoms with Crippen molar-refractivity contribution < 1.29 is 15.0 Å². The molecule has 3 nitrogen and oxygen atoms in total. The van der Waals surface area contributed by atoms with Gasteiger partial charge < -0.3 is 10.2 Å². The molecule has 0 heterocycles. The first-order chi connectivity index (χ1) is 7.06. The fourth-order valence-corrected chi connectivity index (χ4v) is 1.93. The van der Waals surface area contributed by atoms with Gasteiger partial charge in [-0.2, -0.15) is 0 Å². The Kier molecular flexibility index (Phi) is 2.12. The number of aliphatic hydroxyl groups is 1. The average molecular weight is 204 g/mol. The maximum Gasteiger partial charge on any atom is 0.341 e. The first kappa shape index (κ1) is 9.93. The van der Waals surface area contributed by atoms with Gasteiger partial charge in [-0.15, -0.1) is 0 Å². The predicted molar refractivity (Wildman–Crippen MR) is 56.2 cm³/mol. The normalized spacial score (nSPS) is 28.5. The van der Waals surface area contributed by atoms with Crippen molar-refractivity contribution in [3.05, 3.63) is 41.5 Å². The van der Waals surface area contributed by atoms with Gasteiger partial charge in [0.05, 0.1) is 0 Å². The van der Waals surface area contributed by atoms with E-state index in [0.29, 0.717) is 5.56 Å². The van der Waals surface area contributed by atoms with Gasteiger partial charge in [0, 0.05) is 11.5 Å². The van der Waals surface area contributed by atoms with E-state index in [1.807, 2.05) is 12.1 Å². The molecule has 3 heteroatoms. The van der Waals surface area contributed by atoms with Gasteiger partial charge in [0.15, 0.2) is 5.60 Å². The third-order valence-electron chi connectivity index (χ3n) is 2.92. The van der Waals surface area contributed by atoms with Crippen LogP contribution in [-0.4, -0.2) is 16.2 Å². The second-order valence-electron chi connectivity index (χ2n) is 3.81. The van der Waals surface area contributed by atoms with Crippen LogP contribution in [0.4, 0.5) is 0 Å². The van der Waals surface area contributed by atoms with Crippen molar-refractivity contribution in [3.63, 3.8) is 0 Å². The highest BCUT2D eigenvalue weighted by Gasteiger charge is 2.45. The minimum Gasteiger partial charge on any atom is -0.479 e. The van der Waals surface area contributed by atoms with Crippen molar-refractivity contribution >= 4 is 12.0 Å². The Bertz CT molecular complexity index is 436. The summed E-state index contributed by atoms with van der Waals surface area (Å²) < 4.78 is 0. The highest BCUT2D eigenvalue weighted by Crippen LogP contribution is 2.37. The van der Waals surface area contributed by atoms with E-state index < -0.39 is 17.5 Å². The third kappa shape index (κ3) is 1.27. The quantitative estimate of drug-likeness (QED) is 0.730. The lowest BCUT2D eigenvalue weighted by molar-refractivity contribution is -0.164. The Labute approximate surface area is 87.7 Å². The van der Waals surface area contributed by atoms with Crippen LogP contribution in [0.15, 0.2) is 30.3 Å². The minimum absolute atomic E-state index is 0.426. The summed E-state index contributed by atoms with van der Waals surface area (Å²) >= 11 is 0. The lowest BCUT2D eigenvalue weighted by Crippen LogP contribution is -2.42. The van der Waals surface area contributed by atoms with Crippen molar-refractivity contribution in [1.82, 2.24) is 0 Å². The summed E-state index contributed by atoms with van der Waals surface area (Å²) in [6, 6.07) is 7.01. The van der Waals surface area contributed by atoms with Gasteiger partial charge in [0.2, 0.25) is 0 Å². The number of benzene rings is 1. The van der Waals surface area contributed by atoms with Gasteiger partial charge in [0.1, 0.15) is 0 Å². The predicted octanol–water partition coefficient (Wildman–Crippen LogP) is 1.62. The Morgan fingerprint density at radius 3 is 2.73 bits per heavy atom. The molecule has 0 spiro atoms. The Morgan fingerprint density at radius 1 is 1.40 bits per heavy atom. The molecule has 0 saturated heterocycles. The van der Waals surface area contributed by atoms with Crippen LogP contribution in [-0.2, 0) is 10.4 Å². The molecule has 1 aliphatic rings. The minimum atomic E-state index is -1.80. The van der Waals surface area contributed by atoms with E-state index in [-0.39, 0.29) is 0 Å². The topological polar surface area (TPSA) is 57.5 Å². The molecule has 0 bridgehead atoms. The standard InChI is InChI=1S/C12H12O3/c1-8-6-7-9-4-2-3-5-10(9)12(8,15)11(13)14/h2-8,15H,1H3,(H,13,14). The smallest absolute Gasteiger partial charge is 0.341 e. The molecular formula is C12H12O3. The van der Waals surface area contributed by atoms with Crippen molar-refractivity contribution in [3.8, 4) is 0 Å². The SMILES string of the molecule is CC1C=Cc2ccccc2C1(O)C(=O)O. The zero-order valence-corrected chi connectivity index (χ0v) is 8.34. The molecule has 2 unspecified atom stereocenters. The van der Waals surface area contributed by atoms with Crippen LogP contribution in [0.25, 0.3) is 6.08 Å². The van der Waals surface area contributed by atoms with E-state index in [2.05, 4.69) is 0 Å². The fourth-order valence-electron chi connectivity index (χ4n) is 1.93. The van der Waals surface area contributed by atoms with E-state index in [9.17, 15) is 9.90 Å². The summed E-state index contributed by atoms with van der Waals surface area (Å²) in [5.74, 6) is -1.63. The highest BCUT2D eigenvalue weighted by molar-refractivity contribution is 5.83. The number of aliphatic carboxylic acids is 1. The van der Waals surface area contributed by atoms with Crippen LogP contribution in [0.1, 0.15) is 18.1 Å². The molecule has 78 valence electrons. The van der Waals surface area contributed by atoms with Crippen molar-refractivity contribution in [2.24, 2.45) is 5.92 Å². The summed E-state index contributed by atoms with van der Waals surface area (Å²) in [6.07, 6.45) is 3.56. The molecule has 0 amide bonds. The van der Waals surface area contributed by atoms with Crippen molar-refractivity contribution in [1.29, 1.82) is 0 Å². The second kappa shape index (κ2) is 3.21. The molecule has 1 aromatic rings. The van der Waals surface area contributed by atoms with Crippen LogP contribution < -0.4 is 0 Å². The monoisotopic (exact) mass is 204 g/mol. The molecule has 1 aliphatic carbocycles. The first-order valence-corrected chi connectivity index (χ1v) is 4.80. The first-order valence-electron chi connectivity index (χ1n) is 4.80. The summed E-state index contributed by atoms with van der Waals surface area (Å²) in [5.41, 5.74) is -0.571. The maximum absolute atomic E-state index is 11.2. The van der Waals surface area contributed by atoms with E-state index in [1.54, 1.807) is 31.2 Å². The molecule has 0 aromatic heterocycles. The zero-order chi connectivity index (χ0) is 11.1. The molecule has 0 saturated carbocycles. The number of hydrogen-bond donors (Lipinski definition) is 2. The van der Waals surface area contributed by atoms with Gasteiger partial charge in [-0.3, -0.25) is 0 Å². The highest BCUT2D eigenvalue weighted by atomic mass is 16.4. The van der Waals surface area contributed by atoms with Gasteiger partial charge in [-0.05, 0) is 5.56 Å². The van der Waals surface area contributed by atoms with Gasteiger partial charge >= 0.3 is 5.97 Å². The second-order valence-corrected chi connectivity index (χ2v) is 3.81. The number of fused-ring (bicyclic) bond motifs is 1. The maximum atomic E-state index is 11.2. The van der Waals surface area contributed by atoms with E-state index in [1.165, 1.54) is 0 Å². The number of carbonyl (C=O) groups is 1. The summed E-state index contributed by atoms with van der Waals surface area (Å²) in [7, 11) is 0. The molecule has 15 heavy (non-hydrogen) atoms. The molecule has 2 N–H and O–H groups in total. The third-order valence-corrected chi connectivity index (χ3v) is 2.92. The van der Waals surface area contributed by atoms with E-state index in [0.717, 1.165) is 5.56 Å². The van der Waals surface area contributed by atoms with Crippen LogP contribution in [0.2, 0.25) is 0 Å². The number of carboxylic acids is 1. The van der Waals surface area contributed by atoms with Crippen LogP contribution in [0, 0.1) is 5.92 Å². The van der Waals surface area contributed by atoms with Gasteiger partial charge in [0.25, 0.3) is 0 Å². The molecule has 0 fully saturated rings. The molecule has 0 aliphatic heterocycles. The van der Waals surface area contributed by atoms with Crippen LogP contribution in [0.5, 0.6) is 0 Å². The van der Waals surface area contributed by atoms with Crippen LogP contribution >= 0.6 is 0 Å². The van der Waals surface area contributed by atoms with Gasteiger partial charge in [-0.1, -0.05) is 43.3 Å². The number of hydrogen-bond acceptors (Lipinski definition) is 2. The molecule has 0 radical (unpaired) electrons. The van der Waals surface area contributed by atoms with E-state index in [4.69, 9.17) is 5.11 Å². The number of rotatable bonds is 1. The van der Waals surface area contributed by atoms with E-state index >= 15 is 0 Å². The summed E-state index contributed by atoms with van der Waals surface area (Å²) in [6.45, 7) is 1.69. The number of carboxylic acid groups (broad SMARTS) is 1. The average Bonchev–Trinajstić information content (AvgIpc) is 2.23. The summed E-state index contributed by atoms with van der Waals surface area (Å²) in [4.78, 5) is 11.2. The molecular weight excluding hydrogens is 192 g/mol. The lowest BCUT2D eigenvalue weighted by atomic mass is 9.76. The molecule has 1 aromatic carbocycles. The Hall–Kier alpha value is -1.61. The molecule has 2 atom stereocenters. The zero-order valence-electron chi connectivity index (χ0n) is 8.34. The fraction of sp³-hybridized carbons (Fsp3) is 0.250.